The van der Waals surface area contributed by atoms with Crippen molar-refractivity contribution in [1.82, 2.24) is 4.90 Å². The van der Waals surface area contributed by atoms with Gasteiger partial charge in [0.1, 0.15) is 0 Å². The molecular formula is C21H25ClN2O. The highest BCUT2D eigenvalue weighted by Crippen LogP contribution is 2.23. The normalized spacial score (nSPS) is 18.1. The van der Waals surface area contributed by atoms with Crippen LogP contribution < -0.4 is 5.32 Å². The molecule has 1 aliphatic rings. The summed E-state index contributed by atoms with van der Waals surface area (Å²) in [4.78, 5) is 15.0. The second-order valence-electron chi connectivity index (χ2n) is 6.71. The highest BCUT2D eigenvalue weighted by molar-refractivity contribution is 6.31. The number of likely N-dealkylation sites (tertiary alicyclic amines) is 1. The molecule has 1 amide bonds. The van der Waals surface area contributed by atoms with Gasteiger partial charge in [0.05, 0.1) is 5.92 Å². The largest absolute Gasteiger partial charge is 0.326 e. The van der Waals surface area contributed by atoms with Crippen LogP contribution in [0, 0.1) is 5.92 Å². The van der Waals surface area contributed by atoms with Gasteiger partial charge < -0.3 is 5.32 Å². The minimum Gasteiger partial charge on any atom is -0.326 e. The number of amides is 1. The van der Waals surface area contributed by atoms with Crippen LogP contribution in [-0.4, -0.2) is 23.9 Å². The maximum absolute atomic E-state index is 12.6. The van der Waals surface area contributed by atoms with E-state index in [0.717, 1.165) is 55.2 Å². The number of hydrogen-bond donors (Lipinski definition) is 1. The molecule has 1 N–H and O–H groups in total. The maximum atomic E-state index is 12.6. The van der Waals surface area contributed by atoms with Gasteiger partial charge in [-0.1, -0.05) is 48.9 Å². The molecule has 3 nitrogen and oxygen atoms in total. The Morgan fingerprint density at radius 1 is 1.20 bits per heavy atom. The SMILES string of the molecule is CCc1ccc(NC(=O)[C@H]2CCCN(Cc3ccccc3Cl)C2)cc1. The number of aryl methyl sites for hydroxylation is 1. The van der Waals surface area contributed by atoms with E-state index < -0.39 is 0 Å². The number of piperidine rings is 1. The van der Waals surface area contributed by atoms with Crippen LogP contribution in [0.1, 0.15) is 30.9 Å². The second-order valence-corrected chi connectivity index (χ2v) is 7.11. The van der Waals surface area contributed by atoms with Crippen molar-refractivity contribution >= 4 is 23.2 Å². The minimum absolute atomic E-state index is 0.0297. The first-order valence-electron chi connectivity index (χ1n) is 9.01. The fourth-order valence-electron chi connectivity index (χ4n) is 3.35. The van der Waals surface area contributed by atoms with Crippen molar-refractivity contribution in [2.75, 3.05) is 18.4 Å². The molecule has 1 saturated heterocycles. The summed E-state index contributed by atoms with van der Waals surface area (Å²) in [7, 11) is 0. The summed E-state index contributed by atoms with van der Waals surface area (Å²) in [5, 5.41) is 3.86. The number of nitrogens with zero attached hydrogens (tertiary/aromatic N) is 1. The average molecular weight is 357 g/mol. The molecule has 0 aromatic heterocycles. The predicted molar refractivity (Wildman–Crippen MR) is 104 cm³/mol. The molecule has 0 radical (unpaired) electrons. The Morgan fingerprint density at radius 3 is 2.68 bits per heavy atom. The van der Waals surface area contributed by atoms with Gasteiger partial charge in [0, 0.05) is 23.8 Å². The number of nitrogens with one attached hydrogen (secondary N) is 1. The van der Waals surface area contributed by atoms with Gasteiger partial charge in [0.2, 0.25) is 5.91 Å². The molecule has 0 saturated carbocycles. The molecule has 1 aliphatic heterocycles. The third-order valence-electron chi connectivity index (χ3n) is 4.86. The molecule has 0 unspecified atom stereocenters. The number of carbonyl (C=O) groups is 1. The summed E-state index contributed by atoms with van der Waals surface area (Å²) >= 11 is 6.27. The number of anilines is 1. The Labute approximate surface area is 155 Å². The number of hydrogen-bond acceptors (Lipinski definition) is 2. The minimum atomic E-state index is 0.0297. The first-order valence-corrected chi connectivity index (χ1v) is 9.39. The molecular weight excluding hydrogens is 332 g/mol. The van der Waals surface area contributed by atoms with Crippen molar-refractivity contribution in [3.05, 3.63) is 64.7 Å². The van der Waals surface area contributed by atoms with Crippen LogP contribution in [-0.2, 0) is 17.8 Å². The van der Waals surface area contributed by atoms with E-state index in [4.69, 9.17) is 11.6 Å². The van der Waals surface area contributed by atoms with Crippen molar-refractivity contribution in [3.63, 3.8) is 0 Å². The lowest BCUT2D eigenvalue weighted by Crippen LogP contribution is -2.40. The van der Waals surface area contributed by atoms with E-state index in [1.54, 1.807) is 0 Å². The lowest BCUT2D eigenvalue weighted by atomic mass is 9.96. The van der Waals surface area contributed by atoms with Gasteiger partial charge in [0.25, 0.3) is 0 Å². The lowest BCUT2D eigenvalue weighted by molar-refractivity contribution is -0.121. The van der Waals surface area contributed by atoms with E-state index in [1.807, 2.05) is 30.3 Å². The predicted octanol–water partition coefficient (Wildman–Crippen LogP) is 4.75. The van der Waals surface area contributed by atoms with E-state index in [-0.39, 0.29) is 11.8 Å². The number of halogens is 1. The van der Waals surface area contributed by atoms with Crippen molar-refractivity contribution in [1.29, 1.82) is 0 Å². The van der Waals surface area contributed by atoms with Crippen molar-refractivity contribution in [2.45, 2.75) is 32.7 Å². The van der Waals surface area contributed by atoms with Gasteiger partial charge in [-0.15, -0.1) is 0 Å². The molecule has 0 bridgehead atoms. The van der Waals surface area contributed by atoms with E-state index in [9.17, 15) is 4.79 Å². The molecule has 3 rings (SSSR count). The smallest absolute Gasteiger partial charge is 0.228 e. The fourth-order valence-corrected chi connectivity index (χ4v) is 3.54. The quantitative estimate of drug-likeness (QED) is 0.838. The van der Waals surface area contributed by atoms with Crippen LogP contribution in [0.15, 0.2) is 48.5 Å². The third-order valence-corrected chi connectivity index (χ3v) is 5.23. The van der Waals surface area contributed by atoms with Crippen molar-refractivity contribution < 1.29 is 4.79 Å². The Morgan fingerprint density at radius 2 is 1.96 bits per heavy atom. The molecule has 0 aliphatic carbocycles. The Kier molecular flexibility index (Phi) is 6.11. The molecule has 1 fully saturated rings. The third kappa shape index (κ3) is 4.83. The monoisotopic (exact) mass is 356 g/mol. The fraction of sp³-hybridized carbons (Fsp3) is 0.381. The number of rotatable bonds is 5. The second kappa shape index (κ2) is 8.50. The van der Waals surface area contributed by atoms with Crippen LogP contribution in [0.5, 0.6) is 0 Å². The number of carbonyl (C=O) groups excluding carboxylic acids is 1. The molecule has 25 heavy (non-hydrogen) atoms. The summed E-state index contributed by atoms with van der Waals surface area (Å²) in [6.07, 6.45) is 2.99. The maximum Gasteiger partial charge on any atom is 0.228 e. The molecule has 1 atom stereocenters. The first-order chi connectivity index (χ1) is 12.2. The summed E-state index contributed by atoms with van der Waals surface area (Å²) in [6.45, 7) is 4.72. The van der Waals surface area contributed by atoms with Crippen molar-refractivity contribution in [3.8, 4) is 0 Å². The van der Waals surface area contributed by atoms with Gasteiger partial charge in [-0.2, -0.15) is 0 Å². The van der Waals surface area contributed by atoms with Gasteiger partial charge in [-0.05, 0) is 55.1 Å². The molecule has 1 heterocycles. The van der Waals surface area contributed by atoms with Crippen LogP contribution in [0.4, 0.5) is 5.69 Å². The zero-order chi connectivity index (χ0) is 17.6. The molecule has 132 valence electrons. The van der Waals surface area contributed by atoms with E-state index in [2.05, 4.69) is 35.3 Å². The van der Waals surface area contributed by atoms with Crippen LogP contribution in [0.3, 0.4) is 0 Å². The van der Waals surface area contributed by atoms with Gasteiger partial charge in [-0.25, -0.2) is 0 Å². The first kappa shape index (κ1) is 18.0. The Balaban J connectivity index is 1.58. The zero-order valence-electron chi connectivity index (χ0n) is 14.7. The topological polar surface area (TPSA) is 32.3 Å². The van der Waals surface area contributed by atoms with E-state index in [1.165, 1.54) is 5.56 Å². The molecule has 2 aromatic rings. The zero-order valence-corrected chi connectivity index (χ0v) is 15.4. The van der Waals surface area contributed by atoms with Gasteiger partial charge >= 0.3 is 0 Å². The summed E-state index contributed by atoms with van der Waals surface area (Å²) in [5.74, 6) is 0.148. The summed E-state index contributed by atoms with van der Waals surface area (Å²) in [5.41, 5.74) is 3.28. The van der Waals surface area contributed by atoms with Crippen LogP contribution >= 0.6 is 11.6 Å². The standard InChI is InChI=1S/C21H25ClN2O/c1-2-16-9-11-19(12-10-16)23-21(25)18-7-5-13-24(15-18)14-17-6-3-4-8-20(17)22/h3-4,6,8-12,18H,2,5,7,13-15H2,1H3,(H,23,25)/t18-/m0/s1. The van der Waals surface area contributed by atoms with Gasteiger partial charge in [0.15, 0.2) is 0 Å². The Bertz CT molecular complexity index is 714. The number of benzene rings is 2. The van der Waals surface area contributed by atoms with Crippen molar-refractivity contribution in [2.24, 2.45) is 5.92 Å². The molecule has 0 spiro atoms. The highest BCUT2D eigenvalue weighted by Gasteiger charge is 2.26. The molecule has 4 heteroatoms. The van der Waals surface area contributed by atoms with Crippen LogP contribution in [0.25, 0.3) is 0 Å². The lowest BCUT2D eigenvalue weighted by Gasteiger charge is -2.32. The highest BCUT2D eigenvalue weighted by atomic mass is 35.5. The molecule has 2 aromatic carbocycles. The summed E-state index contributed by atoms with van der Waals surface area (Å²) < 4.78 is 0. The average Bonchev–Trinajstić information content (AvgIpc) is 2.64. The summed E-state index contributed by atoms with van der Waals surface area (Å²) in [6, 6.07) is 16.0. The van der Waals surface area contributed by atoms with E-state index in [0.29, 0.717) is 0 Å². The van der Waals surface area contributed by atoms with E-state index >= 15 is 0 Å². The Hall–Kier alpha value is -1.84. The van der Waals surface area contributed by atoms with Crippen LogP contribution in [0.2, 0.25) is 5.02 Å². The van der Waals surface area contributed by atoms with Gasteiger partial charge in [-0.3, -0.25) is 9.69 Å².